The van der Waals surface area contributed by atoms with Crippen LogP contribution in [-0.4, -0.2) is 19.0 Å². The van der Waals surface area contributed by atoms with E-state index in [-0.39, 0.29) is 5.70 Å². The van der Waals surface area contributed by atoms with Gasteiger partial charge in [-0.2, -0.15) is 0 Å². The van der Waals surface area contributed by atoms with Gasteiger partial charge in [0.05, 0.1) is 7.11 Å². The third-order valence-electron chi connectivity index (χ3n) is 3.81. The topological polar surface area (TPSA) is 47.9 Å². The summed E-state index contributed by atoms with van der Waals surface area (Å²) in [7, 11) is 1.59. The fourth-order valence-corrected chi connectivity index (χ4v) is 2.34. The maximum Gasteiger partial charge on any atom is 0.363 e. The molecule has 2 aromatic carbocycles. The Kier molecular flexibility index (Phi) is 3.98. The molecule has 0 radical (unpaired) electrons. The van der Waals surface area contributed by atoms with Gasteiger partial charge in [0.1, 0.15) is 5.75 Å². The molecule has 23 heavy (non-hydrogen) atoms. The first-order valence-corrected chi connectivity index (χ1v) is 7.31. The molecule has 4 heteroatoms. The van der Waals surface area contributed by atoms with E-state index in [0.29, 0.717) is 11.6 Å². The molecule has 0 aromatic heterocycles. The van der Waals surface area contributed by atoms with Crippen LogP contribution in [0.3, 0.4) is 0 Å². The number of ether oxygens (including phenoxy) is 2. The number of aliphatic imine (C=N–C) groups is 1. The molecule has 3 rings (SSSR count). The number of carbonyl (C=O) groups is 1. The maximum absolute atomic E-state index is 12.1. The molecule has 0 aliphatic carbocycles. The smallest absolute Gasteiger partial charge is 0.363 e. The molecule has 116 valence electrons. The fourth-order valence-electron chi connectivity index (χ4n) is 2.34. The van der Waals surface area contributed by atoms with Crippen molar-refractivity contribution in [3.8, 4) is 5.75 Å². The van der Waals surface area contributed by atoms with Crippen LogP contribution >= 0.6 is 0 Å². The maximum atomic E-state index is 12.1. The highest BCUT2D eigenvalue weighted by molar-refractivity contribution is 6.13. The number of nitrogens with zero attached hydrogens (tertiary/aromatic N) is 1. The van der Waals surface area contributed by atoms with E-state index in [1.54, 1.807) is 13.2 Å². The molecule has 0 amide bonds. The fraction of sp³-hybridized carbons (Fsp3) is 0.158. The van der Waals surface area contributed by atoms with Gasteiger partial charge in [-0.05, 0) is 49.2 Å². The van der Waals surface area contributed by atoms with Crippen LogP contribution in [0, 0.1) is 13.8 Å². The molecule has 1 aliphatic rings. The molecule has 1 aliphatic heterocycles. The van der Waals surface area contributed by atoms with Gasteiger partial charge in [-0.15, -0.1) is 0 Å². The molecule has 2 aromatic rings. The Bertz CT molecular complexity index is 834. The van der Waals surface area contributed by atoms with Crippen molar-refractivity contribution in [3.05, 3.63) is 70.4 Å². The van der Waals surface area contributed by atoms with E-state index < -0.39 is 5.97 Å². The molecule has 0 spiro atoms. The minimum absolute atomic E-state index is 0.266. The predicted molar refractivity (Wildman–Crippen MR) is 89.5 cm³/mol. The van der Waals surface area contributed by atoms with Crippen molar-refractivity contribution in [3.63, 3.8) is 0 Å². The highest BCUT2D eigenvalue weighted by Crippen LogP contribution is 2.24. The van der Waals surface area contributed by atoms with Crippen molar-refractivity contribution in [2.24, 2.45) is 4.99 Å². The Morgan fingerprint density at radius 1 is 1.09 bits per heavy atom. The largest absolute Gasteiger partial charge is 0.496 e. The summed E-state index contributed by atoms with van der Waals surface area (Å²) in [5.74, 6) is 0.561. The number of rotatable bonds is 3. The number of cyclic esters (lactones) is 1. The highest BCUT2D eigenvalue weighted by atomic mass is 16.6. The van der Waals surface area contributed by atoms with Crippen LogP contribution in [0.5, 0.6) is 5.75 Å². The molecule has 4 nitrogen and oxygen atoms in total. The molecular formula is C19H17NO3. The number of benzene rings is 2. The summed E-state index contributed by atoms with van der Waals surface area (Å²) in [5.41, 5.74) is 4.16. The first-order chi connectivity index (χ1) is 11.1. The Labute approximate surface area is 135 Å². The second-order valence-corrected chi connectivity index (χ2v) is 5.38. The number of hydrogen-bond acceptors (Lipinski definition) is 4. The van der Waals surface area contributed by atoms with Crippen molar-refractivity contribution in [2.45, 2.75) is 13.8 Å². The second-order valence-electron chi connectivity index (χ2n) is 5.38. The van der Waals surface area contributed by atoms with Crippen molar-refractivity contribution in [1.29, 1.82) is 0 Å². The lowest BCUT2D eigenvalue weighted by atomic mass is 10.1. The first-order valence-electron chi connectivity index (χ1n) is 7.31. The zero-order chi connectivity index (χ0) is 16.4. The molecule has 1 heterocycles. The summed E-state index contributed by atoms with van der Waals surface area (Å²) in [6, 6.07) is 13.3. The standard InChI is InChI=1S/C19H17NO3/c1-12-8-9-15(10-13(12)2)18-20-16(19(21)23-18)11-14-6-4-5-7-17(14)22-3/h4-11H,1-3H3/b16-11+. The van der Waals surface area contributed by atoms with Gasteiger partial charge < -0.3 is 9.47 Å². The Balaban J connectivity index is 1.98. The molecule has 0 bridgehead atoms. The van der Waals surface area contributed by atoms with E-state index in [1.807, 2.05) is 56.3 Å². The van der Waals surface area contributed by atoms with Gasteiger partial charge in [-0.1, -0.05) is 24.3 Å². The molecule has 0 N–H and O–H groups in total. The first kappa shape index (κ1) is 15.0. The summed E-state index contributed by atoms with van der Waals surface area (Å²) in [5, 5.41) is 0. The molecule has 0 fully saturated rings. The van der Waals surface area contributed by atoms with Crippen molar-refractivity contribution in [2.75, 3.05) is 7.11 Å². The average molecular weight is 307 g/mol. The average Bonchev–Trinajstić information content (AvgIpc) is 2.91. The van der Waals surface area contributed by atoms with Crippen LogP contribution in [0.1, 0.15) is 22.3 Å². The van der Waals surface area contributed by atoms with E-state index in [0.717, 1.165) is 16.7 Å². The number of esters is 1. The van der Waals surface area contributed by atoms with Gasteiger partial charge in [0.25, 0.3) is 0 Å². The summed E-state index contributed by atoms with van der Waals surface area (Å²) >= 11 is 0. The minimum Gasteiger partial charge on any atom is -0.496 e. The number of methoxy groups -OCH3 is 1. The summed E-state index contributed by atoms with van der Waals surface area (Å²) < 4.78 is 10.6. The zero-order valence-corrected chi connectivity index (χ0v) is 13.3. The summed E-state index contributed by atoms with van der Waals surface area (Å²) in [6.45, 7) is 4.05. The number of aryl methyl sites for hydroxylation is 2. The van der Waals surface area contributed by atoms with Gasteiger partial charge in [0.2, 0.25) is 5.90 Å². The zero-order valence-electron chi connectivity index (χ0n) is 13.3. The van der Waals surface area contributed by atoms with Crippen LogP contribution in [0.15, 0.2) is 53.2 Å². The molecular weight excluding hydrogens is 290 g/mol. The summed E-state index contributed by atoms with van der Waals surface area (Å²) in [4.78, 5) is 16.4. The number of carbonyl (C=O) groups excluding carboxylic acids is 1. The lowest BCUT2D eigenvalue weighted by Gasteiger charge is -2.03. The van der Waals surface area contributed by atoms with Gasteiger partial charge in [-0.3, -0.25) is 0 Å². The lowest BCUT2D eigenvalue weighted by molar-refractivity contribution is -0.129. The SMILES string of the molecule is COc1ccccc1/C=C1/N=C(c2ccc(C)c(C)c2)OC1=O. The quantitative estimate of drug-likeness (QED) is 0.642. The Morgan fingerprint density at radius 3 is 2.61 bits per heavy atom. The third kappa shape index (κ3) is 3.01. The van der Waals surface area contributed by atoms with Crippen molar-refractivity contribution < 1.29 is 14.3 Å². The van der Waals surface area contributed by atoms with Crippen LogP contribution in [-0.2, 0) is 9.53 Å². The molecule has 0 atom stereocenters. The monoisotopic (exact) mass is 307 g/mol. The Hall–Kier alpha value is -2.88. The Morgan fingerprint density at radius 2 is 1.87 bits per heavy atom. The van der Waals surface area contributed by atoms with E-state index in [9.17, 15) is 4.79 Å². The van der Waals surface area contributed by atoms with Crippen LogP contribution < -0.4 is 4.74 Å². The van der Waals surface area contributed by atoms with Crippen LogP contribution in [0.25, 0.3) is 6.08 Å². The van der Waals surface area contributed by atoms with E-state index in [4.69, 9.17) is 9.47 Å². The van der Waals surface area contributed by atoms with E-state index >= 15 is 0 Å². The normalized spacial score (nSPS) is 15.5. The number of hydrogen-bond donors (Lipinski definition) is 0. The molecule has 0 saturated carbocycles. The van der Waals surface area contributed by atoms with Gasteiger partial charge in [0, 0.05) is 11.1 Å². The number of para-hydroxylation sites is 1. The van der Waals surface area contributed by atoms with E-state index in [1.165, 1.54) is 5.56 Å². The van der Waals surface area contributed by atoms with E-state index in [2.05, 4.69) is 4.99 Å². The van der Waals surface area contributed by atoms with Crippen LogP contribution in [0.2, 0.25) is 0 Å². The minimum atomic E-state index is -0.455. The van der Waals surface area contributed by atoms with Crippen LogP contribution in [0.4, 0.5) is 0 Å². The predicted octanol–water partition coefficient (Wildman–Crippen LogP) is 3.66. The molecule has 0 unspecified atom stereocenters. The van der Waals surface area contributed by atoms with Gasteiger partial charge in [0.15, 0.2) is 5.70 Å². The van der Waals surface area contributed by atoms with Gasteiger partial charge in [-0.25, -0.2) is 9.79 Å². The van der Waals surface area contributed by atoms with Crippen molar-refractivity contribution >= 4 is 17.9 Å². The van der Waals surface area contributed by atoms with Gasteiger partial charge >= 0.3 is 5.97 Å². The van der Waals surface area contributed by atoms with Crippen molar-refractivity contribution in [1.82, 2.24) is 0 Å². The summed E-state index contributed by atoms with van der Waals surface area (Å²) in [6.07, 6.45) is 1.68. The highest BCUT2D eigenvalue weighted by Gasteiger charge is 2.24. The third-order valence-corrected chi connectivity index (χ3v) is 3.81. The second kappa shape index (κ2) is 6.08. The lowest BCUT2D eigenvalue weighted by Crippen LogP contribution is -2.05. The molecule has 0 saturated heterocycles.